The van der Waals surface area contributed by atoms with Crippen LogP contribution >= 0.6 is 0 Å². The van der Waals surface area contributed by atoms with Crippen molar-refractivity contribution in [1.29, 1.82) is 0 Å². The second kappa shape index (κ2) is 5.68. The Morgan fingerprint density at radius 1 is 1.12 bits per heavy atom. The Hall–Kier alpha value is 0.556. The van der Waals surface area contributed by atoms with E-state index in [0.29, 0.717) is 5.04 Å². The first kappa shape index (κ1) is 17.6. The molecule has 0 rings (SSSR count). The number of rotatable bonds is 4. The van der Waals surface area contributed by atoms with Crippen molar-refractivity contribution in [2.24, 2.45) is 0 Å². The van der Waals surface area contributed by atoms with Gasteiger partial charge in [-0.05, 0) is 0 Å². The van der Waals surface area contributed by atoms with Crippen LogP contribution in [0.1, 0.15) is 34.6 Å². The van der Waals surface area contributed by atoms with Crippen LogP contribution in [0.2, 0.25) is 33.0 Å². The summed E-state index contributed by atoms with van der Waals surface area (Å²) in [6.45, 7) is 17.3. The van der Waals surface area contributed by atoms with Gasteiger partial charge < -0.3 is 0 Å². The molecule has 0 aliphatic rings. The van der Waals surface area contributed by atoms with Crippen LogP contribution in [0.25, 0.3) is 0 Å². The Labute approximate surface area is 114 Å². The molecule has 0 bridgehead atoms. The number of allylic oxidation sites excluding steroid dienone is 1. The number of hydrogen-bond donors (Lipinski definition) is 0. The molecule has 0 radical (unpaired) electrons. The molecule has 17 heavy (non-hydrogen) atoms. The van der Waals surface area contributed by atoms with E-state index >= 15 is 0 Å². The second-order valence-electron chi connectivity index (χ2n) is 7.51. The Bertz CT molecular complexity index is 292. The minimum absolute atomic E-state index is 0.357. The average Bonchev–Trinajstić information content (AvgIpc) is 2.09. The van der Waals surface area contributed by atoms with Crippen LogP contribution in [0.5, 0.6) is 0 Å². The zero-order valence-electron chi connectivity index (χ0n) is 13.6. The van der Waals surface area contributed by atoms with E-state index in [1.54, 1.807) is 3.59 Å². The second-order valence-corrected chi connectivity index (χ2v) is 27.7. The molecule has 0 amide bonds. The van der Waals surface area contributed by atoms with Gasteiger partial charge in [0.2, 0.25) is 0 Å². The summed E-state index contributed by atoms with van der Waals surface area (Å²) in [7, 11) is -1.52. The topological polar surface area (TPSA) is 9.23 Å². The molecule has 0 atom stereocenters. The standard InChI is InChI=1S/C11H23OSi.3CH3.Sn/c1-8-10(12-9-2)13(6,7)11(3,4)5;;;;/h9H2,1-7H3;3*1H3;. The molecule has 0 spiro atoms. The molecule has 0 aromatic rings. The van der Waals surface area contributed by atoms with Crippen molar-refractivity contribution in [1.82, 2.24) is 0 Å². The minimum atomic E-state index is -2.00. The fourth-order valence-electron chi connectivity index (χ4n) is 1.58. The van der Waals surface area contributed by atoms with E-state index in [1.165, 1.54) is 5.38 Å². The van der Waals surface area contributed by atoms with Crippen molar-refractivity contribution in [2.45, 2.75) is 67.6 Å². The Morgan fingerprint density at radius 3 is 1.76 bits per heavy atom. The van der Waals surface area contributed by atoms with Crippen LogP contribution in [0.3, 0.4) is 0 Å². The van der Waals surface area contributed by atoms with Crippen LogP contribution in [0.4, 0.5) is 0 Å². The number of ether oxygens (including phenoxy) is 1. The molecule has 0 aliphatic carbocycles. The van der Waals surface area contributed by atoms with Gasteiger partial charge >= 0.3 is 114 Å². The SMILES string of the molecule is CCO/C(=[C](\C)[Sn]([CH3])([CH3])[CH3])[Si](C)(C)C(C)(C)C. The van der Waals surface area contributed by atoms with Gasteiger partial charge in [0.25, 0.3) is 0 Å². The maximum atomic E-state index is 6.12. The summed E-state index contributed by atoms with van der Waals surface area (Å²) >= 11 is -2.00. The van der Waals surface area contributed by atoms with Crippen molar-refractivity contribution in [3.63, 3.8) is 0 Å². The maximum absolute atomic E-state index is 6.12. The van der Waals surface area contributed by atoms with Crippen LogP contribution in [-0.2, 0) is 4.74 Å². The van der Waals surface area contributed by atoms with E-state index in [1.807, 2.05) is 0 Å². The monoisotopic (exact) mass is 364 g/mol. The summed E-state index contributed by atoms with van der Waals surface area (Å²) in [6, 6.07) is 0. The van der Waals surface area contributed by atoms with Gasteiger partial charge in [0, 0.05) is 0 Å². The Morgan fingerprint density at radius 2 is 1.53 bits per heavy atom. The molecule has 0 aromatic heterocycles. The van der Waals surface area contributed by atoms with Gasteiger partial charge in [-0.1, -0.05) is 0 Å². The van der Waals surface area contributed by atoms with Gasteiger partial charge in [-0.3, -0.25) is 0 Å². The van der Waals surface area contributed by atoms with Gasteiger partial charge in [0.1, 0.15) is 0 Å². The van der Waals surface area contributed by atoms with Crippen LogP contribution in [-0.4, -0.2) is 33.1 Å². The fraction of sp³-hybridized carbons (Fsp3) is 0.857. The summed E-state index contributed by atoms with van der Waals surface area (Å²) in [5.74, 6) is 0. The van der Waals surface area contributed by atoms with E-state index in [4.69, 9.17) is 4.74 Å². The number of hydrogen-bond acceptors (Lipinski definition) is 1. The molecule has 0 saturated carbocycles. The molecule has 0 heterocycles. The van der Waals surface area contributed by atoms with Gasteiger partial charge in [-0.25, -0.2) is 0 Å². The average molecular weight is 363 g/mol. The summed E-state index contributed by atoms with van der Waals surface area (Å²) in [5.41, 5.74) is 0. The Balaban J connectivity index is 5.70. The van der Waals surface area contributed by atoms with Crippen LogP contribution in [0, 0.1) is 0 Å². The summed E-state index contributed by atoms with van der Waals surface area (Å²) in [5, 5.41) is 1.76. The summed E-state index contributed by atoms with van der Waals surface area (Å²) in [4.78, 5) is 7.45. The predicted molar refractivity (Wildman–Crippen MR) is 84.9 cm³/mol. The van der Waals surface area contributed by atoms with E-state index in [2.05, 4.69) is 62.5 Å². The van der Waals surface area contributed by atoms with Gasteiger partial charge in [-0.15, -0.1) is 0 Å². The zero-order chi connectivity index (χ0) is 14.1. The molecule has 1 nitrogen and oxygen atoms in total. The normalized spacial score (nSPS) is 15.6. The van der Waals surface area contributed by atoms with E-state index in [-0.39, 0.29) is 0 Å². The van der Waals surface area contributed by atoms with Crippen molar-refractivity contribution >= 4 is 26.5 Å². The fourth-order valence-corrected chi connectivity index (χ4v) is 11.0. The quantitative estimate of drug-likeness (QED) is 0.491. The first-order valence-corrected chi connectivity index (χ1v) is 19.7. The van der Waals surface area contributed by atoms with E-state index < -0.39 is 26.5 Å². The molecular weight excluding hydrogens is 331 g/mol. The predicted octanol–water partition coefficient (Wildman–Crippen LogP) is 5.22. The van der Waals surface area contributed by atoms with Gasteiger partial charge in [0.05, 0.1) is 0 Å². The third kappa shape index (κ3) is 4.30. The molecule has 0 saturated heterocycles. The Kier molecular flexibility index (Phi) is 5.87. The first-order chi connectivity index (χ1) is 7.35. The summed E-state index contributed by atoms with van der Waals surface area (Å²) in [6.07, 6.45) is 0. The van der Waals surface area contributed by atoms with E-state index in [0.717, 1.165) is 6.61 Å². The van der Waals surface area contributed by atoms with Crippen molar-refractivity contribution in [3.8, 4) is 0 Å². The molecule has 0 unspecified atom stereocenters. The van der Waals surface area contributed by atoms with Gasteiger partial charge in [0.15, 0.2) is 0 Å². The van der Waals surface area contributed by atoms with Crippen molar-refractivity contribution in [3.05, 3.63) is 8.97 Å². The molecule has 0 aliphatic heterocycles. The van der Waals surface area contributed by atoms with Crippen molar-refractivity contribution < 1.29 is 4.74 Å². The third-order valence-corrected chi connectivity index (χ3v) is 17.4. The van der Waals surface area contributed by atoms with Crippen molar-refractivity contribution in [2.75, 3.05) is 6.61 Å². The molecule has 0 aromatic carbocycles. The van der Waals surface area contributed by atoms with E-state index in [9.17, 15) is 0 Å². The molecule has 3 heteroatoms. The molecule has 0 fully saturated rings. The first-order valence-electron chi connectivity index (χ1n) is 6.70. The summed E-state index contributed by atoms with van der Waals surface area (Å²) < 4.78 is 7.75. The molecule has 102 valence electrons. The van der Waals surface area contributed by atoms with Crippen LogP contribution < -0.4 is 0 Å². The van der Waals surface area contributed by atoms with Gasteiger partial charge in [-0.2, -0.15) is 0 Å². The molecular formula is C14H32OSiSn. The molecule has 0 N–H and O–H groups in total. The zero-order valence-corrected chi connectivity index (χ0v) is 17.5. The van der Waals surface area contributed by atoms with Crippen LogP contribution in [0.15, 0.2) is 8.97 Å². The third-order valence-electron chi connectivity index (χ3n) is 4.20.